The number of Topliss-reactive ketones (excluding diaryl/α,β-unsaturated/α-hetero) is 1. The average molecular weight is 189 g/mol. The number of carbonyl (C=O) groups excluding carboxylic acids is 2. The lowest BCUT2D eigenvalue weighted by Gasteiger charge is -2.02. The molecule has 0 aliphatic carbocycles. The smallest absolute Gasteiger partial charge is 0.289 e. The minimum Gasteiger partial charge on any atom is -0.289 e. The normalized spacial score (nSPS) is 11.3. The SMILES string of the molecule is O=C(Cl)C(=O)CCC(F)(F)F. The second-order valence-corrected chi connectivity index (χ2v) is 2.16. The zero-order chi connectivity index (χ0) is 9.07. The van der Waals surface area contributed by atoms with Gasteiger partial charge in [0.25, 0.3) is 5.24 Å². The molecule has 0 fully saturated rings. The first-order chi connectivity index (χ1) is 4.83. The van der Waals surface area contributed by atoms with Crippen LogP contribution >= 0.6 is 11.6 Å². The fourth-order valence-electron chi connectivity index (χ4n) is 0.354. The Bertz CT molecular complexity index is 175. The zero-order valence-corrected chi connectivity index (χ0v) is 6.00. The maximum Gasteiger partial charge on any atom is 0.389 e. The van der Waals surface area contributed by atoms with Crippen molar-refractivity contribution in [3.8, 4) is 0 Å². The van der Waals surface area contributed by atoms with Crippen molar-refractivity contribution in [1.29, 1.82) is 0 Å². The second kappa shape index (κ2) is 3.71. The van der Waals surface area contributed by atoms with Crippen LogP contribution in [0.4, 0.5) is 13.2 Å². The molecule has 2 nitrogen and oxygen atoms in total. The van der Waals surface area contributed by atoms with Crippen LogP contribution in [-0.2, 0) is 9.59 Å². The van der Waals surface area contributed by atoms with Crippen LogP contribution in [0, 0.1) is 0 Å². The van der Waals surface area contributed by atoms with Crippen molar-refractivity contribution >= 4 is 22.6 Å². The van der Waals surface area contributed by atoms with Crippen molar-refractivity contribution in [2.75, 3.05) is 0 Å². The topological polar surface area (TPSA) is 34.1 Å². The van der Waals surface area contributed by atoms with Crippen molar-refractivity contribution in [2.45, 2.75) is 19.0 Å². The average Bonchev–Trinajstić information content (AvgIpc) is 1.80. The van der Waals surface area contributed by atoms with Gasteiger partial charge in [0.1, 0.15) is 0 Å². The largest absolute Gasteiger partial charge is 0.389 e. The molecule has 0 aliphatic heterocycles. The van der Waals surface area contributed by atoms with Crippen molar-refractivity contribution in [2.24, 2.45) is 0 Å². The van der Waals surface area contributed by atoms with E-state index in [2.05, 4.69) is 11.6 Å². The van der Waals surface area contributed by atoms with Crippen LogP contribution in [0.1, 0.15) is 12.8 Å². The summed E-state index contributed by atoms with van der Waals surface area (Å²) in [5, 5.41) is -1.35. The maximum atomic E-state index is 11.4. The Hall–Kier alpha value is -0.580. The molecule has 0 bridgehead atoms. The van der Waals surface area contributed by atoms with E-state index < -0.39 is 30.0 Å². The van der Waals surface area contributed by atoms with Crippen molar-refractivity contribution < 1.29 is 22.8 Å². The predicted octanol–water partition coefficient (Wildman–Crippen LogP) is 1.66. The van der Waals surface area contributed by atoms with Gasteiger partial charge in [-0.3, -0.25) is 9.59 Å². The molecule has 0 rings (SSSR count). The molecular weight excluding hydrogens is 184 g/mol. The van der Waals surface area contributed by atoms with Gasteiger partial charge in [-0.1, -0.05) is 0 Å². The molecule has 64 valence electrons. The van der Waals surface area contributed by atoms with Crippen LogP contribution in [0.2, 0.25) is 0 Å². The van der Waals surface area contributed by atoms with Gasteiger partial charge >= 0.3 is 6.18 Å². The van der Waals surface area contributed by atoms with E-state index in [0.717, 1.165) is 0 Å². The van der Waals surface area contributed by atoms with E-state index in [9.17, 15) is 22.8 Å². The summed E-state index contributed by atoms with van der Waals surface area (Å²) in [4.78, 5) is 20.1. The Kier molecular flexibility index (Phi) is 3.51. The van der Waals surface area contributed by atoms with E-state index >= 15 is 0 Å². The number of carbonyl (C=O) groups is 2. The third-order valence-electron chi connectivity index (χ3n) is 0.855. The van der Waals surface area contributed by atoms with Gasteiger partial charge in [-0.2, -0.15) is 13.2 Å². The Morgan fingerprint density at radius 3 is 2.00 bits per heavy atom. The zero-order valence-electron chi connectivity index (χ0n) is 5.24. The molecule has 0 saturated carbocycles. The first kappa shape index (κ1) is 10.4. The van der Waals surface area contributed by atoms with E-state index in [1.165, 1.54) is 0 Å². The molecule has 0 saturated heterocycles. The monoisotopic (exact) mass is 188 g/mol. The molecule has 0 radical (unpaired) electrons. The van der Waals surface area contributed by atoms with E-state index in [-0.39, 0.29) is 0 Å². The Balaban J connectivity index is 3.73. The summed E-state index contributed by atoms with van der Waals surface area (Å²) in [5.74, 6) is -1.20. The molecule has 0 spiro atoms. The number of alkyl halides is 3. The lowest BCUT2D eigenvalue weighted by atomic mass is 10.2. The summed E-state index contributed by atoms with van der Waals surface area (Å²) < 4.78 is 34.1. The van der Waals surface area contributed by atoms with Crippen LogP contribution in [-0.4, -0.2) is 17.2 Å². The maximum absolute atomic E-state index is 11.4. The summed E-state index contributed by atoms with van der Waals surface area (Å²) in [5.41, 5.74) is 0. The van der Waals surface area contributed by atoms with Crippen LogP contribution < -0.4 is 0 Å². The highest BCUT2D eigenvalue weighted by Gasteiger charge is 2.28. The van der Waals surface area contributed by atoms with Crippen molar-refractivity contribution in [3.05, 3.63) is 0 Å². The Labute approximate surface area is 65.3 Å². The number of halogens is 4. The molecule has 0 unspecified atom stereocenters. The van der Waals surface area contributed by atoms with Crippen LogP contribution in [0.25, 0.3) is 0 Å². The van der Waals surface area contributed by atoms with Gasteiger partial charge in [-0.05, 0) is 11.6 Å². The van der Waals surface area contributed by atoms with Gasteiger partial charge in [-0.25, -0.2) is 0 Å². The van der Waals surface area contributed by atoms with Gasteiger partial charge in [-0.15, -0.1) is 0 Å². The molecule has 0 aromatic carbocycles. The highest BCUT2D eigenvalue weighted by atomic mass is 35.5. The quantitative estimate of drug-likeness (QED) is 0.499. The second-order valence-electron chi connectivity index (χ2n) is 1.81. The molecule has 0 aromatic rings. The number of rotatable bonds is 3. The van der Waals surface area contributed by atoms with Gasteiger partial charge in [0.05, 0.1) is 6.42 Å². The van der Waals surface area contributed by atoms with E-state index in [4.69, 9.17) is 0 Å². The molecule has 0 N–H and O–H groups in total. The lowest BCUT2D eigenvalue weighted by Crippen LogP contribution is -2.13. The first-order valence-corrected chi connectivity index (χ1v) is 3.00. The summed E-state index contributed by atoms with van der Waals surface area (Å²) in [6.07, 6.45) is -6.59. The molecule has 6 heteroatoms. The molecule has 0 amide bonds. The number of ketones is 1. The fraction of sp³-hybridized carbons (Fsp3) is 0.600. The molecule has 0 heterocycles. The Morgan fingerprint density at radius 1 is 1.27 bits per heavy atom. The van der Waals surface area contributed by atoms with Crippen molar-refractivity contribution in [3.63, 3.8) is 0 Å². The predicted molar refractivity (Wildman–Crippen MR) is 31.2 cm³/mol. The molecule has 11 heavy (non-hydrogen) atoms. The standard InChI is InChI=1S/C5H4ClF3O2/c6-4(11)3(10)1-2-5(7,8)9/h1-2H2. The molecular formula is C5H4ClF3O2. The van der Waals surface area contributed by atoms with E-state index in [1.54, 1.807) is 0 Å². The van der Waals surface area contributed by atoms with Gasteiger partial charge in [0.2, 0.25) is 5.78 Å². The van der Waals surface area contributed by atoms with E-state index in [1.807, 2.05) is 0 Å². The van der Waals surface area contributed by atoms with Crippen LogP contribution in [0.15, 0.2) is 0 Å². The molecule has 0 aliphatic rings. The van der Waals surface area contributed by atoms with Gasteiger partial charge < -0.3 is 0 Å². The Morgan fingerprint density at radius 2 is 1.73 bits per heavy atom. The summed E-state index contributed by atoms with van der Waals surface area (Å²) in [6, 6.07) is 0. The first-order valence-electron chi connectivity index (χ1n) is 2.62. The highest BCUT2D eigenvalue weighted by Crippen LogP contribution is 2.21. The van der Waals surface area contributed by atoms with E-state index in [0.29, 0.717) is 0 Å². The van der Waals surface area contributed by atoms with Gasteiger partial charge in [0.15, 0.2) is 0 Å². The molecule has 0 aromatic heterocycles. The number of hydrogen-bond acceptors (Lipinski definition) is 2. The highest BCUT2D eigenvalue weighted by molar-refractivity contribution is 6.81. The third-order valence-corrected chi connectivity index (χ3v) is 1.07. The van der Waals surface area contributed by atoms with Gasteiger partial charge in [0, 0.05) is 6.42 Å². The summed E-state index contributed by atoms with van der Waals surface area (Å²) >= 11 is 4.60. The van der Waals surface area contributed by atoms with Crippen LogP contribution in [0.3, 0.4) is 0 Å². The lowest BCUT2D eigenvalue weighted by molar-refractivity contribution is -0.145. The van der Waals surface area contributed by atoms with Crippen LogP contribution in [0.5, 0.6) is 0 Å². The molecule has 0 atom stereocenters. The minimum absolute atomic E-state index is 0.869. The fourth-order valence-corrected chi connectivity index (χ4v) is 0.448. The summed E-state index contributed by atoms with van der Waals surface area (Å²) in [6.45, 7) is 0. The number of hydrogen-bond donors (Lipinski definition) is 0. The van der Waals surface area contributed by atoms with Crippen molar-refractivity contribution in [1.82, 2.24) is 0 Å². The minimum atomic E-state index is -4.41. The third kappa shape index (κ3) is 5.84. The summed E-state index contributed by atoms with van der Waals surface area (Å²) in [7, 11) is 0.